The van der Waals surface area contributed by atoms with E-state index in [-0.39, 0.29) is 5.78 Å². The Morgan fingerprint density at radius 3 is 2.90 bits per heavy atom. The van der Waals surface area contributed by atoms with Gasteiger partial charge in [-0.15, -0.1) is 0 Å². The predicted octanol–water partition coefficient (Wildman–Crippen LogP) is 3.39. The monoisotopic (exact) mass is 403 g/mol. The van der Waals surface area contributed by atoms with Crippen molar-refractivity contribution < 1.29 is 14.7 Å². The smallest absolute Gasteiger partial charge is 0.170 e. The minimum absolute atomic E-state index is 0.136. The molecule has 6 nitrogen and oxygen atoms in total. The topological polar surface area (TPSA) is 66.7 Å². The lowest BCUT2D eigenvalue weighted by Crippen LogP contribution is -2.66. The summed E-state index contributed by atoms with van der Waals surface area (Å²) in [6.45, 7) is 2.73. The number of hydrogen-bond acceptors (Lipinski definition) is 5. The van der Waals surface area contributed by atoms with Crippen molar-refractivity contribution in [2.45, 2.75) is 18.6 Å². The molecule has 3 aromatic rings. The van der Waals surface area contributed by atoms with E-state index in [9.17, 15) is 4.79 Å². The van der Waals surface area contributed by atoms with Crippen molar-refractivity contribution in [1.29, 1.82) is 0 Å². The molecular weight excluding hydrogens is 378 g/mol. The number of nitrogens with zero attached hydrogens (tertiary/aromatic N) is 2. The van der Waals surface area contributed by atoms with Gasteiger partial charge in [-0.3, -0.25) is 9.69 Å². The zero-order chi connectivity index (χ0) is 20.7. The summed E-state index contributed by atoms with van der Waals surface area (Å²) in [7, 11) is 2.08. The molecule has 30 heavy (non-hydrogen) atoms. The maximum atomic E-state index is 12.8. The minimum atomic E-state index is -0.410. The Bertz CT molecular complexity index is 1140. The Kier molecular flexibility index (Phi) is 4.70. The van der Waals surface area contributed by atoms with Gasteiger partial charge in [-0.25, -0.2) is 5.48 Å². The van der Waals surface area contributed by atoms with Gasteiger partial charge in [-0.2, -0.15) is 0 Å². The number of hydroxylamine groups is 1. The van der Waals surface area contributed by atoms with Crippen LogP contribution in [0.15, 0.2) is 54.7 Å². The number of Topliss-reactive ketones (excluding diaryl/α,β-unsaturated/α-hetero) is 1. The summed E-state index contributed by atoms with van der Waals surface area (Å²) >= 11 is 0. The van der Waals surface area contributed by atoms with Gasteiger partial charge in [0.05, 0.1) is 12.0 Å². The predicted molar refractivity (Wildman–Crippen MR) is 116 cm³/mol. The Morgan fingerprint density at radius 2 is 2.07 bits per heavy atom. The summed E-state index contributed by atoms with van der Waals surface area (Å²) in [5.74, 6) is 0.810. The van der Waals surface area contributed by atoms with Crippen LogP contribution in [0, 0.1) is 0 Å². The van der Waals surface area contributed by atoms with Gasteiger partial charge in [0.2, 0.25) is 0 Å². The normalized spacial score (nSPS) is 18.0. The molecule has 0 saturated carbocycles. The van der Waals surface area contributed by atoms with Gasteiger partial charge in [-0.05, 0) is 29.3 Å². The number of aromatic nitrogens is 1. The number of carbonyl (C=O) groups excluding carboxylic acids is 1. The average Bonchev–Trinajstić information content (AvgIpc) is 3.03. The first-order valence-corrected chi connectivity index (χ1v) is 10.2. The summed E-state index contributed by atoms with van der Waals surface area (Å²) < 4.78 is 8.49. The molecule has 3 heterocycles. The first-order chi connectivity index (χ1) is 14.6. The molecule has 154 valence electrons. The lowest BCUT2D eigenvalue weighted by Gasteiger charge is -2.51. The van der Waals surface area contributed by atoms with Crippen molar-refractivity contribution >= 4 is 22.8 Å². The van der Waals surface area contributed by atoms with Crippen LogP contribution in [0.2, 0.25) is 0 Å². The molecule has 1 fully saturated rings. The molecule has 0 amide bonds. The highest BCUT2D eigenvalue weighted by atomic mass is 16.5. The van der Waals surface area contributed by atoms with E-state index < -0.39 is 5.60 Å². The average molecular weight is 403 g/mol. The summed E-state index contributed by atoms with van der Waals surface area (Å²) in [4.78, 5) is 15.2. The second-order valence-corrected chi connectivity index (χ2v) is 8.33. The molecule has 6 heteroatoms. The summed E-state index contributed by atoms with van der Waals surface area (Å²) in [6.07, 6.45) is 6.28. The van der Waals surface area contributed by atoms with E-state index in [1.807, 2.05) is 24.3 Å². The second-order valence-electron chi connectivity index (χ2n) is 8.33. The number of benzene rings is 2. The Hall–Kier alpha value is -2.93. The van der Waals surface area contributed by atoms with Gasteiger partial charge in [0, 0.05) is 50.3 Å². The molecule has 1 spiro atoms. The fourth-order valence-electron chi connectivity index (χ4n) is 4.71. The molecule has 2 aliphatic rings. The third-order valence-electron chi connectivity index (χ3n) is 6.03. The number of likely N-dealkylation sites (tertiary alicyclic amines) is 1. The molecule has 1 saturated heterocycles. The molecule has 0 atom stereocenters. The molecule has 2 aromatic carbocycles. The highest BCUT2D eigenvalue weighted by Crippen LogP contribution is 2.40. The van der Waals surface area contributed by atoms with Crippen LogP contribution in [-0.2, 0) is 13.6 Å². The first kappa shape index (κ1) is 19.1. The van der Waals surface area contributed by atoms with Crippen molar-refractivity contribution in [2.24, 2.45) is 7.05 Å². The molecule has 0 aliphatic carbocycles. The van der Waals surface area contributed by atoms with E-state index >= 15 is 0 Å². The standard InChI is InChI=1S/C24H25N3O3/c1-26-13-18(19-6-2-3-7-21(19)26)14-27-15-24(16-27)12-22(28)20-11-17(5-4-10-25-29)8-9-23(20)30-24/h2-9,11,13,25,29H,10,12,14-16H2,1H3. The molecule has 1 aromatic heterocycles. The zero-order valence-corrected chi connectivity index (χ0v) is 17.0. The SMILES string of the molecule is Cn1cc(CN2CC3(CC(=O)c4cc(C=CCNO)ccc4O3)C2)c2ccccc21. The number of ether oxygens (including phenoxy) is 1. The molecule has 0 bridgehead atoms. The van der Waals surface area contributed by atoms with E-state index in [2.05, 4.69) is 52.5 Å². The van der Waals surface area contributed by atoms with E-state index in [0.717, 1.165) is 25.2 Å². The van der Waals surface area contributed by atoms with Gasteiger partial charge in [0.15, 0.2) is 5.78 Å². The molecule has 0 radical (unpaired) electrons. The van der Waals surface area contributed by atoms with Gasteiger partial charge in [-0.1, -0.05) is 36.4 Å². The van der Waals surface area contributed by atoms with Crippen LogP contribution in [0.4, 0.5) is 0 Å². The minimum Gasteiger partial charge on any atom is -0.483 e. The van der Waals surface area contributed by atoms with Crippen molar-refractivity contribution in [1.82, 2.24) is 14.9 Å². The second kappa shape index (κ2) is 7.40. The van der Waals surface area contributed by atoms with Crippen molar-refractivity contribution in [3.05, 3.63) is 71.4 Å². The van der Waals surface area contributed by atoms with Crippen molar-refractivity contribution in [3.63, 3.8) is 0 Å². The Morgan fingerprint density at radius 1 is 1.23 bits per heavy atom. The Labute approximate surface area is 175 Å². The van der Waals surface area contributed by atoms with Crippen LogP contribution in [0.3, 0.4) is 0 Å². The summed E-state index contributed by atoms with van der Waals surface area (Å²) in [6, 6.07) is 14.1. The van der Waals surface area contributed by atoms with Gasteiger partial charge < -0.3 is 14.5 Å². The molecule has 2 aliphatic heterocycles. The van der Waals surface area contributed by atoms with Crippen LogP contribution < -0.4 is 10.2 Å². The number of fused-ring (bicyclic) bond motifs is 2. The number of carbonyl (C=O) groups is 1. The molecule has 0 unspecified atom stereocenters. The number of aryl methyl sites for hydroxylation is 1. The quantitative estimate of drug-likeness (QED) is 0.640. The van der Waals surface area contributed by atoms with Crippen LogP contribution in [0.1, 0.15) is 27.9 Å². The highest BCUT2D eigenvalue weighted by Gasteiger charge is 2.49. The van der Waals surface area contributed by atoms with Gasteiger partial charge >= 0.3 is 0 Å². The number of ketones is 1. The number of rotatable bonds is 5. The fourth-order valence-corrected chi connectivity index (χ4v) is 4.71. The van der Waals surface area contributed by atoms with E-state index in [0.29, 0.717) is 24.3 Å². The van der Waals surface area contributed by atoms with Crippen molar-refractivity contribution in [3.8, 4) is 5.75 Å². The fraction of sp³-hybridized carbons (Fsp3) is 0.292. The van der Waals surface area contributed by atoms with Crippen molar-refractivity contribution in [2.75, 3.05) is 19.6 Å². The largest absolute Gasteiger partial charge is 0.483 e. The molecule has 5 rings (SSSR count). The van der Waals surface area contributed by atoms with Crippen LogP contribution in [0.25, 0.3) is 17.0 Å². The van der Waals surface area contributed by atoms with Gasteiger partial charge in [0.1, 0.15) is 11.4 Å². The maximum Gasteiger partial charge on any atom is 0.170 e. The lowest BCUT2D eigenvalue weighted by molar-refractivity contribution is -0.0847. The van der Waals surface area contributed by atoms with E-state index in [4.69, 9.17) is 9.94 Å². The first-order valence-electron chi connectivity index (χ1n) is 10.2. The van der Waals surface area contributed by atoms with E-state index in [1.54, 1.807) is 6.08 Å². The summed E-state index contributed by atoms with van der Waals surface area (Å²) in [5, 5.41) is 9.94. The third-order valence-corrected chi connectivity index (χ3v) is 6.03. The summed E-state index contributed by atoms with van der Waals surface area (Å²) in [5.41, 5.74) is 5.78. The number of nitrogens with one attached hydrogen (secondary N) is 1. The number of para-hydroxylation sites is 1. The van der Waals surface area contributed by atoms with Crippen LogP contribution >= 0.6 is 0 Å². The third kappa shape index (κ3) is 3.33. The van der Waals surface area contributed by atoms with Crippen LogP contribution in [-0.4, -0.2) is 45.7 Å². The maximum absolute atomic E-state index is 12.8. The highest BCUT2D eigenvalue weighted by molar-refractivity contribution is 6.01. The zero-order valence-electron chi connectivity index (χ0n) is 17.0. The van der Waals surface area contributed by atoms with Gasteiger partial charge in [0.25, 0.3) is 0 Å². The molecule has 2 N–H and O–H groups in total. The van der Waals surface area contributed by atoms with Crippen LogP contribution in [0.5, 0.6) is 5.75 Å². The van der Waals surface area contributed by atoms with E-state index in [1.165, 1.54) is 16.5 Å². The lowest BCUT2D eigenvalue weighted by atomic mass is 9.83. The number of hydrogen-bond donors (Lipinski definition) is 2. The Balaban J connectivity index is 1.29. The molecular formula is C24H25N3O3.